The van der Waals surface area contributed by atoms with Crippen molar-refractivity contribution in [3.8, 4) is 16.9 Å². The van der Waals surface area contributed by atoms with Crippen LogP contribution in [-0.2, 0) is 6.18 Å². The average Bonchev–Trinajstić information content (AvgIpc) is 3.34. The maximum Gasteiger partial charge on any atom is 0.416 e. The summed E-state index contributed by atoms with van der Waals surface area (Å²) in [5.41, 5.74) is 3.47. The number of H-pyrrole nitrogens is 1. The van der Waals surface area contributed by atoms with Gasteiger partial charge in [-0.05, 0) is 54.1 Å². The Labute approximate surface area is 255 Å². The highest BCUT2D eigenvalue weighted by Gasteiger charge is 2.31. The van der Waals surface area contributed by atoms with Gasteiger partial charge in [0.15, 0.2) is 0 Å². The topological polar surface area (TPSA) is 83.5 Å². The van der Waals surface area contributed by atoms with Crippen LogP contribution in [0.5, 0.6) is 5.75 Å². The smallest absolute Gasteiger partial charge is 0.416 e. The van der Waals surface area contributed by atoms with Crippen LogP contribution in [0.15, 0.2) is 94.5 Å². The van der Waals surface area contributed by atoms with Gasteiger partial charge in [0.1, 0.15) is 11.4 Å². The molecule has 0 aliphatic carbocycles. The molecule has 6 nitrogen and oxygen atoms in total. The molecule has 0 aliphatic heterocycles. The van der Waals surface area contributed by atoms with Crippen molar-refractivity contribution in [2.24, 2.45) is 5.10 Å². The number of halogens is 6. The van der Waals surface area contributed by atoms with Crippen LogP contribution in [0.4, 0.5) is 13.2 Å². The van der Waals surface area contributed by atoms with E-state index in [0.717, 1.165) is 17.7 Å². The van der Waals surface area contributed by atoms with Gasteiger partial charge >= 0.3 is 12.1 Å². The van der Waals surface area contributed by atoms with Crippen molar-refractivity contribution >= 4 is 68.1 Å². The summed E-state index contributed by atoms with van der Waals surface area (Å²) in [5.74, 6) is -1.58. The summed E-state index contributed by atoms with van der Waals surface area (Å²) in [5, 5.41) is 5.40. The number of fused-ring (bicyclic) bond motifs is 1. The van der Waals surface area contributed by atoms with Gasteiger partial charge in [0.05, 0.1) is 27.9 Å². The maximum absolute atomic E-state index is 13.3. The van der Waals surface area contributed by atoms with Crippen LogP contribution < -0.4 is 10.2 Å². The fourth-order valence-electron chi connectivity index (χ4n) is 4.21. The fourth-order valence-corrected chi connectivity index (χ4v) is 5.13. The number of hydrazone groups is 1. The first kappa shape index (κ1) is 29.4. The van der Waals surface area contributed by atoms with Crippen LogP contribution in [0.3, 0.4) is 0 Å². The summed E-state index contributed by atoms with van der Waals surface area (Å²) in [6, 6.07) is 20.9. The zero-order valence-electron chi connectivity index (χ0n) is 21.1. The molecule has 0 saturated heterocycles. The van der Waals surface area contributed by atoms with Crippen LogP contribution >= 0.6 is 39.1 Å². The Kier molecular flexibility index (Phi) is 8.40. The molecule has 2 N–H and O–H groups in total. The number of rotatable bonds is 6. The number of ether oxygens (including phenoxy) is 1. The summed E-state index contributed by atoms with van der Waals surface area (Å²) in [4.78, 5) is 29.0. The van der Waals surface area contributed by atoms with E-state index in [1.165, 1.54) is 18.3 Å². The minimum Gasteiger partial charge on any atom is -0.422 e. The standard InChI is InChI=1S/C30H17BrCl2F3N3O3/c31-20-9-10-24(42-29(41)17-7-4-8-19(11-17)30(34,35)36)18(12-20)15-37-39-28(40)27-25(16-5-2-1-3-6-16)22-13-21(32)14-23(33)26(22)38-27/h1-15,38H,(H,39,40). The van der Waals surface area contributed by atoms with Gasteiger partial charge in [-0.15, -0.1) is 0 Å². The number of alkyl halides is 3. The number of carbonyl (C=O) groups is 2. The fraction of sp³-hybridized carbons (Fsp3) is 0.0333. The van der Waals surface area contributed by atoms with E-state index in [1.54, 1.807) is 24.3 Å². The van der Waals surface area contributed by atoms with E-state index in [0.29, 0.717) is 37.1 Å². The predicted octanol–water partition coefficient (Wildman–Crippen LogP) is 8.91. The highest BCUT2D eigenvalue weighted by atomic mass is 79.9. The van der Waals surface area contributed by atoms with Crippen molar-refractivity contribution in [2.45, 2.75) is 6.18 Å². The van der Waals surface area contributed by atoms with Crippen LogP contribution in [0, 0.1) is 0 Å². The Balaban J connectivity index is 1.42. The lowest BCUT2D eigenvalue weighted by Crippen LogP contribution is -2.19. The lowest BCUT2D eigenvalue weighted by molar-refractivity contribution is -0.137. The quantitative estimate of drug-likeness (QED) is 0.0817. The number of benzene rings is 4. The van der Waals surface area contributed by atoms with Gasteiger partial charge in [-0.2, -0.15) is 18.3 Å². The Morgan fingerprint density at radius 1 is 0.952 bits per heavy atom. The van der Waals surface area contributed by atoms with Gasteiger partial charge in [0.2, 0.25) is 0 Å². The number of nitrogens with zero attached hydrogens (tertiary/aromatic N) is 1. The van der Waals surface area contributed by atoms with Crippen molar-refractivity contribution in [2.75, 3.05) is 0 Å². The number of esters is 1. The molecule has 12 heteroatoms. The van der Waals surface area contributed by atoms with E-state index in [1.807, 2.05) is 30.3 Å². The molecule has 5 rings (SSSR count). The molecular weight excluding hydrogens is 658 g/mol. The molecular formula is C30H17BrCl2F3N3O3. The number of hydrogen-bond acceptors (Lipinski definition) is 4. The van der Waals surface area contributed by atoms with Gasteiger partial charge in [-0.3, -0.25) is 4.79 Å². The molecule has 0 radical (unpaired) electrons. The lowest BCUT2D eigenvalue weighted by atomic mass is 10.0. The molecule has 1 amide bonds. The van der Waals surface area contributed by atoms with E-state index in [9.17, 15) is 22.8 Å². The van der Waals surface area contributed by atoms with Crippen LogP contribution in [-0.4, -0.2) is 23.1 Å². The van der Waals surface area contributed by atoms with Crippen LogP contribution in [0.2, 0.25) is 10.0 Å². The third kappa shape index (κ3) is 6.35. The molecule has 0 saturated carbocycles. The third-order valence-corrected chi connectivity index (χ3v) is 7.09. The Morgan fingerprint density at radius 2 is 1.71 bits per heavy atom. The second-order valence-electron chi connectivity index (χ2n) is 8.90. The van der Waals surface area contributed by atoms with Crippen molar-refractivity contribution in [3.05, 3.63) is 122 Å². The molecule has 0 fully saturated rings. The average molecular weight is 675 g/mol. The van der Waals surface area contributed by atoms with Crippen molar-refractivity contribution < 1.29 is 27.5 Å². The lowest BCUT2D eigenvalue weighted by Gasteiger charge is -2.10. The molecule has 4 aromatic carbocycles. The normalized spacial score (nSPS) is 11.7. The number of hydrogen-bond donors (Lipinski definition) is 2. The summed E-state index contributed by atoms with van der Waals surface area (Å²) >= 11 is 16.0. The summed E-state index contributed by atoms with van der Waals surface area (Å²) < 4.78 is 45.2. The van der Waals surface area contributed by atoms with E-state index < -0.39 is 23.6 Å². The zero-order valence-corrected chi connectivity index (χ0v) is 24.2. The van der Waals surface area contributed by atoms with E-state index in [2.05, 4.69) is 31.4 Å². The molecule has 0 bridgehead atoms. The molecule has 0 unspecified atom stereocenters. The second kappa shape index (κ2) is 12.0. The third-order valence-electron chi connectivity index (χ3n) is 6.08. The predicted molar refractivity (Wildman–Crippen MR) is 159 cm³/mol. The van der Waals surface area contributed by atoms with Gasteiger partial charge in [0, 0.05) is 26.0 Å². The highest BCUT2D eigenvalue weighted by Crippen LogP contribution is 2.37. The van der Waals surface area contributed by atoms with Crippen LogP contribution in [0.25, 0.3) is 22.0 Å². The number of aromatic nitrogens is 1. The van der Waals surface area contributed by atoms with Crippen molar-refractivity contribution in [3.63, 3.8) is 0 Å². The zero-order chi connectivity index (χ0) is 30.0. The molecule has 0 aliphatic rings. The van der Waals surface area contributed by atoms with Gasteiger partial charge < -0.3 is 9.72 Å². The summed E-state index contributed by atoms with van der Waals surface area (Å²) in [7, 11) is 0. The van der Waals surface area contributed by atoms with Gasteiger partial charge in [-0.1, -0.05) is 75.5 Å². The SMILES string of the molecule is O=C(Oc1ccc(Br)cc1C=NNC(=O)c1[nH]c2c(Cl)cc(Cl)cc2c1-c1ccccc1)c1cccc(C(F)(F)F)c1. The Bertz CT molecular complexity index is 1860. The molecule has 42 heavy (non-hydrogen) atoms. The Morgan fingerprint density at radius 3 is 2.45 bits per heavy atom. The van der Waals surface area contributed by atoms with E-state index >= 15 is 0 Å². The number of nitrogens with one attached hydrogen (secondary N) is 2. The summed E-state index contributed by atoms with van der Waals surface area (Å²) in [6.07, 6.45) is -3.38. The number of amides is 1. The minimum atomic E-state index is -4.62. The first-order valence-electron chi connectivity index (χ1n) is 12.1. The van der Waals surface area contributed by atoms with E-state index in [4.69, 9.17) is 27.9 Å². The van der Waals surface area contributed by atoms with Crippen molar-refractivity contribution in [1.82, 2.24) is 10.4 Å². The monoisotopic (exact) mass is 673 g/mol. The largest absolute Gasteiger partial charge is 0.422 e. The minimum absolute atomic E-state index is 0.00983. The first-order valence-corrected chi connectivity index (χ1v) is 13.6. The van der Waals surface area contributed by atoms with Gasteiger partial charge in [-0.25, -0.2) is 10.2 Å². The highest BCUT2D eigenvalue weighted by molar-refractivity contribution is 9.10. The first-order chi connectivity index (χ1) is 20.0. The molecule has 5 aromatic rings. The molecule has 0 atom stereocenters. The number of aromatic amines is 1. The molecule has 212 valence electrons. The van der Waals surface area contributed by atoms with Crippen LogP contribution in [0.1, 0.15) is 32.0 Å². The maximum atomic E-state index is 13.3. The number of carbonyl (C=O) groups excluding carboxylic acids is 2. The van der Waals surface area contributed by atoms with Crippen molar-refractivity contribution in [1.29, 1.82) is 0 Å². The summed E-state index contributed by atoms with van der Waals surface area (Å²) in [6.45, 7) is 0. The van der Waals surface area contributed by atoms with E-state index in [-0.39, 0.29) is 22.6 Å². The van der Waals surface area contributed by atoms with Gasteiger partial charge in [0.25, 0.3) is 5.91 Å². The molecule has 1 heterocycles. The Hall–Kier alpha value is -4.12. The second-order valence-corrected chi connectivity index (χ2v) is 10.7. The molecule has 0 spiro atoms. The molecule has 1 aromatic heterocycles.